The van der Waals surface area contributed by atoms with Gasteiger partial charge in [0, 0.05) is 23.2 Å². The lowest BCUT2D eigenvalue weighted by Crippen LogP contribution is -2.12. The highest BCUT2D eigenvalue weighted by molar-refractivity contribution is 6.12. The molecule has 4 rings (SSSR count). The van der Waals surface area contributed by atoms with Crippen molar-refractivity contribution >= 4 is 22.5 Å². The number of fused-ring (bicyclic) bond motifs is 1. The maximum atomic E-state index is 12.7. The standard InChI is InChI=1S/C23H19N3O3/c1-15-8-10-20(21(13-15)28-2)29-22-11-9-16(14-25-22)26-23(27)18-5-3-7-19-17(18)6-4-12-24-19/h3-14H,1-2H3,(H,26,27). The number of amides is 1. The second-order valence-electron chi connectivity index (χ2n) is 6.47. The third-order valence-electron chi connectivity index (χ3n) is 4.42. The molecule has 0 saturated heterocycles. The van der Waals surface area contributed by atoms with Gasteiger partial charge in [-0.05, 0) is 48.9 Å². The lowest BCUT2D eigenvalue weighted by molar-refractivity contribution is 0.102. The van der Waals surface area contributed by atoms with E-state index in [0.29, 0.717) is 28.6 Å². The van der Waals surface area contributed by atoms with Crippen molar-refractivity contribution in [3.8, 4) is 17.4 Å². The van der Waals surface area contributed by atoms with E-state index in [2.05, 4.69) is 15.3 Å². The highest BCUT2D eigenvalue weighted by atomic mass is 16.5. The third-order valence-corrected chi connectivity index (χ3v) is 4.42. The summed E-state index contributed by atoms with van der Waals surface area (Å²) in [5, 5.41) is 3.66. The number of methoxy groups -OCH3 is 1. The molecule has 1 amide bonds. The van der Waals surface area contributed by atoms with Crippen LogP contribution in [0.1, 0.15) is 15.9 Å². The number of benzene rings is 2. The highest BCUT2D eigenvalue weighted by Crippen LogP contribution is 2.31. The molecule has 2 heterocycles. The van der Waals surface area contributed by atoms with E-state index in [0.717, 1.165) is 16.5 Å². The summed E-state index contributed by atoms with van der Waals surface area (Å²) in [7, 11) is 1.59. The first-order valence-corrected chi connectivity index (χ1v) is 9.08. The second kappa shape index (κ2) is 7.98. The molecule has 29 heavy (non-hydrogen) atoms. The van der Waals surface area contributed by atoms with Crippen LogP contribution in [-0.2, 0) is 0 Å². The van der Waals surface area contributed by atoms with Gasteiger partial charge in [0.2, 0.25) is 5.88 Å². The molecule has 0 saturated carbocycles. The largest absolute Gasteiger partial charge is 0.493 e. The van der Waals surface area contributed by atoms with E-state index in [1.807, 2.05) is 49.4 Å². The molecule has 2 aromatic heterocycles. The van der Waals surface area contributed by atoms with Gasteiger partial charge in [-0.25, -0.2) is 4.98 Å². The summed E-state index contributed by atoms with van der Waals surface area (Å²) in [6.45, 7) is 1.98. The van der Waals surface area contributed by atoms with Crippen LogP contribution in [0.4, 0.5) is 5.69 Å². The fourth-order valence-corrected chi connectivity index (χ4v) is 2.99. The van der Waals surface area contributed by atoms with E-state index in [1.54, 1.807) is 37.7 Å². The number of anilines is 1. The van der Waals surface area contributed by atoms with E-state index in [1.165, 1.54) is 0 Å². The van der Waals surface area contributed by atoms with E-state index >= 15 is 0 Å². The second-order valence-corrected chi connectivity index (χ2v) is 6.47. The summed E-state index contributed by atoms with van der Waals surface area (Å²) in [6.07, 6.45) is 3.26. The Balaban J connectivity index is 1.50. The number of carbonyl (C=O) groups is 1. The Bertz CT molecular complexity index is 1170. The fourth-order valence-electron chi connectivity index (χ4n) is 2.99. The Hall–Kier alpha value is -3.93. The molecular weight excluding hydrogens is 366 g/mol. The molecule has 2 aromatic carbocycles. The first-order chi connectivity index (χ1) is 14.1. The minimum atomic E-state index is -0.223. The number of pyridine rings is 2. The van der Waals surface area contributed by atoms with E-state index in [9.17, 15) is 4.79 Å². The number of nitrogens with zero attached hydrogens (tertiary/aromatic N) is 2. The van der Waals surface area contributed by atoms with Crippen LogP contribution in [0.2, 0.25) is 0 Å². The van der Waals surface area contributed by atoms with Crippen molar-refractivity contribution in [1.82, 2.24) is 9.97 Å². The minimum Gasteiger partial charge on any atom is -0.493 e. The zero-order valence-corrected chi connectivity index (χ0v) is 16.0. The smallest absolute Gasteiger partial charge is 0.256 e. The Kier molecular flexibility index (Phi) is 5.07. The Morgan fingerprint density at radius 1 is 0.966 bits per heavy atom. The van der Waals surface area contributed by atoms with Gasteiger partial charge in [-0.2, -0.15) is 0 Å². The number of aryl methyl sites for hydroxylation is 1. The minimum absolute atomic E-state index is 0.223. The van der Waals surface area contributed by atoms with Gasteiger partial charge in [-0.15, -0.1) is 0 Å². The van der Waals surface area contributed by atoms with Crippen LogP contribution < -0.4 is 14.8 Å². The maximum Gasteiger partial charge on any atom is 0.256 e. The first-order valence-electron chi connectivity index (χ1n) is 9.08. The number of carbonyl (C=O) groups excluding carboxylic acids is 1. The summed E-state index contributed by atoms with van der Waals surface area (Å²) in [5.74, 6) is 1.39. The summed E-state index contributed by atoms with van der Waals surface area (Å²) in [5.41, 5.74) is 2.97. The number of ether oxygens (including phenoxy) is 2. The monoisotopic (exact) mass is 385 g/mol. The average Bonchev–Trinajstić information content (AvgIpc) is 2.75. The molecule has 1 N–H and O–H groups in total. The van der Waals surface area contributed by atoms with Gasteiger partial charge in [0.05, 0.1) is 24.5 Å². The molecule has 0 spiro atoms. The van der Waals surface area contributed by atoms with Gasteiger partial charge >= 0.3 is 0 Å². The van der Waals surface area contributed by atoms with Gasteiger partial charge in [-0.1, -0.05) is 18.2 Å². The number of hydrogen-bond donors (Lipinski definition) is 1. The van der Waals surface area contributed by atoms with E-state index in [-0.39, 0.29) is 5.91 Å². The molecule has 0 aliphatic carbocycles. The maximum absolute atomic E-state index is 12.7. The molecule has 6 heteroatoms. The van der Waals surface area contributed by atoms with Gasteiger partial charge in [0.25, 0.3) is 5.91 Å². The summed E-state index contributed by atoms with van der Waals surface area (Å²) in [4.78, 5) is 21.3. The zero-order valence-electron chi connectivity index (χ0n) is 16.0. The van der Waals surface area contributed by atoms with Crippen LogP contribution in [0, 0.1) is 6.92 Å². The van der Waals surface area contributed by atoms with E-state index < -0.39 is 0 Å². The summed E-state index contributed by atoms with van der Waals surface area (Å²) in [6, 6.07) is 18.2. The van der Waals surface area contributed by atoms with Crippen molar-refractivity contribution in [2.45, 2.75) is 6.92 Å². The van der Waals surface area contributed by atoms with Crippen LogP contribution in [0.3, 0.4) is 0 Å². The van der Waals surface area contributed by atoms with Crippen molar-refractivity contribution in [2.24, 2.45) is 0 Å². The molecule has 6 nitrogen and oxygen atoms in total. The van der Waals surface area contributed by atoms with Crippen LogP contribution in [-0.4, -0.2) is 23.0 Å². The van der Waals surface area contributed by atoms with Crippen LogP contribution in [0.5, 0.6) is 17.4 Å². The molecule has 0 radical (unpaired) electrons. The van der Waals surface area contributed by atoms with Crippen LogP contribution >= 0.6 is 0 Å². The number of hydrogen-bond acceptors (Lipinski definition) is 5. The Morgan fingerprint density at radius 3 is 2.66 bits per heavy atom. The molecule has 0 aliphatic heterocycles. The predicted molar refractivity (Wildman–Crippen MR) is 112 cm³/mol. The molecule has 0 atom stereocenters. The Morgan fingerprint density at radius 2 is 1.86 bits per heavy atom. The molecule has 0 unspecified atom stereocenters. The molecular formula is C23H19N3O3. The predicted octanol–water partition coefficient (Wildman–Crippen LogP) is 4.99. The zero-order chi connectivity index (χ0) is 20.2. The number of aromatic nitrogens is 2. The molecule has 0 bridgehead atoms. The SMILES string of the molecule is COc1cc(C)ccc1Oc1ccc(NC(=O)c2cccc3ncccc23)cn1. The number of nitrogens with one attached hydrogen (secondary N) is 1. The summed E-state index contributed by atoms with van der Waals surface area (Å²) < 4.78 is 11.1. The molecule has 4 aromatic rings. The third kappa shape index (κ3) is 4.01. The molecule has 144 valence electrons. The van der Waals surface area contributed by atoms with Crippen molar-refractivity contribution in [1.29, 1.82) is 0 Å². The van der Waals surface area contributed by atoms with Gasteiger partial charge in [0.15, 0.2) is 11.5 Å². The normalized spacial score (nSPS) is 10.6. The van der Waals surface area contributed by atoms with Gasteiger partial charge in [0.1, 0.15) is 0 Å². The van der Waals surface area contributed by atoms with E-state index in [4.69, 9.17) is 9.47 Å². The Labute approximate surface area is 168 Å². The topological polar surface area (TPSA) is 73.3 Å². The fraction of sp³-hybridized carbons (Fsp3) is 0.0870. The molecule has 0 fully saturated rings. The lowest BCUT2D eigenvalue weighted by Gasteiger charge is -2.11. The first kappa shape index (κ1) is 18.4. The van der Waals surface area contributed by atoms with Crippen molar-refractivity contribution in [3.63, 3.8) is 0 Å². The molecule has 0 aliphatic rings. The summed E-state index contributed by atoms with van der Waals surface area (Å²) >= 11 is 0. The van der Waals surface area contributed by atoms with Crippen molar-refractivity contribution < 1.29 is 14.3 Å². The lowest BCUT2D eigenvalue weighted by atomic mass is 10.1. The van der Waals surface area contributed by atoms with Crippen LogP contribution in [0.25, 0.3) is 10.9 Å². The average molecular weight is 385 g/mol. The van der Waals surface area contributed by atoms with Crippen molar-refractivity contribution in [3.05, 3.63) is 84.2 Å². The van der Waals surface area contributed by atoms with Crippen molar-refractivity contribution in [2.75, 3.05) is 12.4 Å². The van der Waals surface area contributed by atoms with Gasteiger partial charge in [-0.3, -0.25) is 9.78 Å². The highest BCUT2D eigenvalue weighted by Gasteiger charge is 2.11. The quantitative estimate of drug-likeness (QED) is 0.524. The van der Waals surface area contributed by atoms with Crippen LogP contribution in [0.15, 0.2) is 73.1 Å². The van der Waals surface area contributed by atoms with Gasteiger partial charge < -0.3 is 14.8 Å². The number of rotatable bonds is 5.